The number of hydrogen-bond acceptors (Lipinski definition) is 10. The van der Waals surface area contributed by atoms with Gasteiger partial charge in [0.1, 0.15) is 5.69 Å². The van der Waals surface area contributed by atoms with Crippen molar-refractivity contribution in [1.82, 2.24) is 4.98 Å². The van der Waals surface area contributed by atoms with Crippen molar-refractivity contribution in [1.29, 1.82) is 0 Å². The summed E-state index contributed by atoms with van der Waals surface area (Å²) in [6, 6.07) is 7.91. The molecule has 13 heteroatoms. The van der Waals surface area contributed by atoms with Crippen LogP contribution in [0.2, 0.25) is 0 Å². The number of fused-ring (bicyclic) bond motifs is 1. The lowest BCUT2D eigenvalue weighted by Gasteiger charge is -2.07. The predicted octanol–water partition coefficient (Wildman–Crippen LogP) is 3.34. The molecule has 0 atom stereocenters. The van der Waals surface area contributed by atoms with Gasteiger partial charge in [-0.25, -0.2) is 9.78 Å². The van der Waals surface area contributed by atoms with E-state index in [9.17, 15) is 29.8 Å². The first-order valence-corrected chi connectivity index (χ1v) is 9.64. The molecule has 0 aliphatic rings. The van der Waals surface area contributed by atoms with Gasteiger partial charge >= 0.3 is 5.97 Å². The second-order valence-corrected chi connectivity index (χ2v) is 7.10. The Morgan fingerprint density at radius 1 is 1.13 bits per heavy atom. The molecule has 0 aliphatic carbocycles. The Hall–Kier alpha value is -4.13. The second-order valence-electron chi connectivity index (χ2n) is 6.07. The van der Waals surface area contributed by atoms with Crippen molar-refractivity contribution in [3.63, 3.8) is 0 Å². The lowest BCUT2D eigenvalue weighted by Crippen LogP contribution is -2.21. The van der Waals surface area contributed by atoms with E-state index in [-0.39, 0.29) is 27.8 Å². The number of nitrogens with zero attached hydrogens (tertiary/aromatic N) is 3. The lowest BCUT2D eigenvalue weighted by molar-refractivity contribution is -0.384. The maximum Gasteiger partial charge on any atom is 0.338 e. The Kier molecular flexibility index (Phi) is 6.35. The number of aromatic nitrogens is 1. The molecule has 1 amide bonds. The monoisotopic (exact) mass is 445 g/mol. The molecule has 12 nitrogen and oxygen atoms in total. The minimum atomic E-state index is -0.902. The van der Waals surface area contributed by atoms with Gasteiger partial charge in [-0.15, -0.1) is 0 Å². The van der Waals surface area contributed by atoms with Crippen LogP contribution < -0.4 is 10.6 Å². The fourth-order valence-electron chi connectivity index (χ4n) is 2.60. The molecule has 1 heterocycles. The van der Waals surface area contributed by atoms with Gasteiger partial charge in [0.05, 0.1) is 25.6 Å². The molecule has 0 saturated carbocycles. The highest BCUT2D eigenvalue weighted by Crippen LogP contribution is 2.29. The molecule has 2 aromatic carbocycles. The van der Waals surface area contributed by atoms with Crippen molar-refractivity contribution in [3.8, 4) is 0 Å². The molecule has 0 fully saturated rings. The lowest BCUT2D eigenvalue weighted by atomic mass is 10.1. The number of thiazole rings is 1. The Balaban J connectivity index is 1.63. The van der Waals surface area contributed by atoms with Crippen LogP contribution in [0.5, 0.6) is 0 Å². The molecule has 31 heavy (non-hydrogen) atoms. The van der Waals surface area contributed by atoms with E-state index in [1.165, 1.54) is 30.3 Å². The summed E-state index contributed by atoms with van der Waals surface area (Å²) in [6.45, 7) is 1.60. The minimum Gasteiger partial charge on any atom is -0.452 e. The van der Waals surface area contributed by atoms with Crippen molar-refractivity contribution in [2.45, 2.75) is 6.92 Å². The highest BCUT2D eigenvalue weighted by atomic mass is 32.1. The largest absolute Gasteiger partial charge is 0.452 e. The maximum absolute atomic E-state index is 12.2. The molecule has 0 saturated heterocycles. The number of amides is 1. The van der Waals surface area contributed by atoms with Gasteiger partial charge in [-0.1, -0.05) is 11.3 Å². The number of esters is 1. The number of nitrogens with one attached hydrogen (secondary N) is 2. The zero-order valence-corrected chi connectivity index (χ0v) is 16.8. The molecule has 0 bridgehead atoms. The molecular weight excluding hydrogens is 430 g/mol. The van der Waals surface area contributed by atoms with Crippen molar-refractivity contribution >= 4 is 55.6 Å². The highest BCUT2D eigenvalue weighted by Gasteiger charge is 2.19. The first-order chi connectivity index (χ1) is 14.8. The smallest absolute Gasteiger partial charge is 0.338 e. The Labute approximate surface area is 178 Å². The molecule has 1 aromatic heterocycles. The SMILES string of the molecule is CCNc1ccc(C(=O)OCC(=O)Nc2nc3ccc([N+](=O)[O-])cc3s2)cc1[N+](=O)[O-]. The van der Waals surface area contributed by atoms with Gasteiger partial charge in [0.2, 0.25) is 0 Å². The molecule has 2 N–H and O–H groups in total. The third kappa shape index (κ3) is 5.08. The van der Waals surface area contributed by atoms with Crippen LogP contribution in [-0.2, 0) is 9.53 Å². The molecule has 160 valence electrons. The van der Waals surface area contributed by atoms with E-state index in [2.05, 4.69) is 15.6 Å². The molecule has 3 aromatic rings. The van der Waals surface area contributed by atoms with Crippen molar-refractivity contribution in [3.05, 3.63) is 62.2 Å². The van der Waals surface area contributed by atoms with Gasteiger partial charge in [-0.3, -0.25) is 30.3 Å². The van der Waals surface area contributed by atoms with E-state index in [1.807, 2.05) is 0 Å². The quantitative estimate of drug-likeness (QED) is 0.300. The third-order valence-electron chi connectivity index (χ3n) is 3.96. The van der Waals surface area contributed by atoms with E-state index in [0.717, 1.165) is 17.4 Å². The van der Waals surface area contributed by atoms with Crippen LogP contribution in [0, 0.1) is 20.2 Å². The molecule has 0 spiro atoms. The van der Waals surface area contributed by atoms with Gasteiger partial charge in [-0.05, 0) is 25.1 Å². The minimum absolute atomic E-state index is 0.0755. The molecular formula is C18H15N5O7S. The van der Waals surface area contributed by atoms with Gasteiger partial charge < -0.3 is 10.1 Å². The first-order valence-electron chi connectivity index (χ1n) is 8.82. The summed E-state index contributed by atoms with van der Waals surface area (Å²) in [4.78, 5) is 49.2. The fraction of sp³-hybridized carbons (Fsp3) is 0.167. The summed E-state index contributed by atoms with van der Waals surface area (Å²) in [6.07, 6.45) is 0. The summed E-state index contributed by atoms with van der Waals surface area (Å²) in [5, 5.41) is 27.5. The molecule has 0 aliphatic heterocycles. The van der Waals surface area contributed by atoms with Crippen LogP contribution in [0.15, 0.2) is 36.4 Å². The topological polar surface area (TPSA) is 167 Å². The van der Waals surface area contributed by atoms with E-state index in [0.29, 0.717) is 16.8 Å². The summed E-state index contributed by atoms with van der Waals surface area (Å²) in [5.41, 5.74) is 0.267. The molecule has 0 radical (unpaired) electrons. The second kappa shape index (κ2) is 9.13. The predicted molar refractivity (Wildman–Crippen MR) is 112 cm³/mol. The standard InChI is InChI=1S/C18H15N5O7S/c1-2-19-12-5-3-10(7-14(12)23(28)29)17(25)30-9-16(24)21-18-20-13-6-4-11(22(26)27)8-15(13)31-18/h3-8,19H,2,9H2,1H3,(H,20,21,24). The summed E-state index contributed by atoms with van der Waals surface area (Å²) in [7, 11) is 0. The maximum atomic E-state index is 12.2. The number of anilines is 2. The van der Waals surface area contributed by atoms with Gasteiger partial charge in [0, 0.05) is 24.7 Å². The van der Waals surface area contributed by atoms with Crippen LogP contribution in [0.3, 0.4) is 0 Å². The molecule has 0 unspecified atom stereocenters. The number of rotatable bonds is 8. The fourth-order valence-corrected chi connectivity index (χ4v) is 3.51. The third-order valence-corrected chi connectivity index (χ3v) is 4.89. The average molecular weight is 445 g/mol. The highest BCUT2D eigenvalue weighted by molar-refractivity contribution is 7.22. The Bertz CT molecular complexity index is 1190. The zero-order chi connectivity index (χ0) is 22.5. The van der Waals surface area contributed by atoms with E-state index in [1.54, 1.807) is 6.92 Å². The number of ether oxygens (including phenoxy) is 1. The average Bonchev–Trinajstić information content (AvgIpc) is 3.13. The van der Waals surface area contributed by atoms with Crippen LogP contribution in [0.1, 0.15) is 17.3 Å². The number of nitro benzene ring substituents is 2. The summed E-state index contributed by atoms with van der Waals surface area (Å²) < 4.78 is 5.42. The van der Waals surface area contributed by atoms with E-state index >= 15 is 0 Å². The summed E-state index contributed by atoms with van der Waals surface area (Å²) in [5.74, 6) is -1.58. The number of non-ortho nitro benzene ring substituents is 1. The van der Waals surface area contributed by atoms with Crippen LogP contribution in [0.4, 0.5) is 22.2 Å². The normalized spacial score (nSPS) is 10.5. The molecule has 3 rings (SSSR count). The summed E-state index contributed by atoms with van der Waals surface area (Å²) >= 11 is 1.03. The number of hydrogen-bond donors (Lipinski definition) is 2. The number of benzene rings is 2. The number of nitro groups is 2. The van der Waals surface area contributed by atoms with Crippen LogP contribution >= 0.6 is 11.3 Å². The van der Waals surface area contributed by atoms with Gasteiger partial charge in [0.25, 0.3) is 17.3 Å². The van der Waals surface area contributed by atoms with Crippen LogP contribution in [-0.4, -0.2) is 39.9 Å². The van der Waals surface area contributed by atoms with Crippen molar-refractivity contribution in [2.75, 3.05) is 23.8 Å². The van der Waals surface area contributed by atoms with Crippen molar-refractivity contribution in [2.24, 2.45) is 0 Å². The van der Waals surface area contributed by atoms with Crippen LogP contribution in [0.25, 0.3) is 10.2 Å². The Morgan fingerprint density at radius 3 is 2.58 bits per heavy atom. The number of carbonyl (C=O) groups is 2. The number of carbonyl (C=O) groups excluding carboxylic acids is 2. The van der Waals surface area contributed by atoms with E-state index < -0.39 is 28.3 Å². The van der Waals surface area contributed by atoms with Crippen molar-refractivity contribution < 1.29 is 24.2 Å². The van der Waals surface area contributed by atoms with E-state index in [4.69, 9.17) is 4.74 Å². The zero-order valence-electron chi connectivity index (χ0n) is 16.0. The van der Waals surface area contributed by atoms with Gasteiger partial charge in [0.15, 0.2) is 11.7 Å². The first kappa shape index (κ1) is 21.6. The Morgan fingerprint density at radius 2 is 1.90 bits per heavy atom. The van der Waals surface area contributed by atoms with Gasteiger partial charge in [-0.2, -0.15) is 0 Å².